The van der Waals surface area contributed by atoms with Crippen LogP contribution in [0.4, 0.5) is 0 Å². The maximum Gasteiger partial charge on any atom is 0.226 e. The summed E-state index contributed by atoms with van der Waals surface area (Å²) in [7, 11) is 0. The summed E-state index contributed by atoms with van der Waals surface area (Å²) in [5.74, 6) is 9.27. The van der Waals surface area contributed by atoms with Gasteiger partial charge in [-0.3, -0.25) is 9.78 Å². The van der Waals surface area contributed by atoms with E-state index in [0.717, 1.165) is 37.0 Å². The number of hydrogen-bond donors (Lipinski definition) is 1. The molecule has 0 saturated heterocycles. The van der Waals surface area contributed by atoms with Crippen LogP contribution in [0.15, 0.2) is 24.5 Å². The molecule has 4 aliphatic rings. The first-order valence-corrected chi connectivity index (χ1v) is 9.00. The molecule has 1 aromatic rings. The van der Waals surface area contributed by atoms with Crippen LogP contribution in [0, 0.1) is 35.0 Å². The quantitative estimate of drug-likeness (QED) is 0.867. The van der Waals surface area contributed by atoms with E-state index in [9.17, 15) is 4.79 Å². The molecule has 1 heterocycles. The Morgan fingerprint density at radius 2 is 1.92 bits per heavy atom. The smallest absolute Gasteiger partial charge is 0.226 e. The van der Waals surface area contributed by atoms with Gasteiger partial charge >= 0.3 is 0 Å². The molecule has 1 aromatic heterocycles. The lowest BCUT2D eigenvalue weighted by atomic mass is 9.49. The molecule has 126 valence electrons. The number of pyridine rings is 1. The fourth-order valence-corrected chi connectivity index (χ4v) is 5.37. The average Bonchev–Trinajstić information content (AvgIpc) is 2.57. The highest BCUT2D eigenvalue weighted by atomic mass is 16.5. The molecular weight excluding hydrogens is 300 g/mol. The van der Waals surface area contributed by atoms with Crippen LogP contribution >= 0.6 is 0 Å². The molecule has 4 fully saturated rings. The average molecular weight is 324 g/mol. The Labute approximate surface area is 143 Å². The van der Waals surface area contributed by atoms with E-state index in [-0.39, 0.29) is 11.3 Å². The third-order valence-corrected chi connectivity index (χ3v) is 5.93. The fraction of sp³-hybridized carbons (Fsp3) is 0.600. The van der Waals surface area contributed by atoms with Crippen LogP contribution in [0.3, 0.4) is 0 Å². The van der Waals surface area contributed by atoms with Crippen LogP contribution in [-0.4, -0.2) is 24.0 Å². The van der Waals surface area contributed by atoms with Gasteiger partial charge in [-0.1, -0.05) is 11.8 Å². The maximum atomic E-state index is 12.7. The van der Waals surface area contributed by atoms with E-state index in [1.54, 1.807) is 12.4 Å². The van der Waals surface area contributed by atoms with E-state index in [4.69, 9.17) is 4.74 Å². The van der Waals surface area contributed by atoms with Gasteiger partial charge in [0.2, 0.25) is 5.91 Å². The van der Waals surface area contributed by atoms with Gasteiger partial charge in [0.25, 0.3) is 0 Å². The second-order valence-corrected chi connectivity index (χ2v) is 7.71. The molecule has 0 radical (unpaired) electrons. The number of amides is 1. The van der Waals surface area contributed by atoms with Crippen LogP contribution in [0.5, 0.6) is 5.75 Å². The molecule has 4 heteroatoms. The zero-order chi connectivity index (χ0) is 16.4. The van der Waals surface area contributed by atoms with Gasteiger partial charge in [0.15, 0.2) is 0 Å². The Kier molecular flexibility index (Phi) is 4.18. The summed E-state index contributed by atoms with van der Waals surface area (Å²) in [5.41, 5.74) is -0.0807. The highest BCUT2D eigenvalue weighted by molar-refractivity contribution is 5.83. The zero-order valence-electron chi connectivity index (χ0n) is 14.0. The highest BCUT2D eigenvalue weighted by Crippen LogP contribution is 2.60. The molecule has 4 nitrogen and oxygen atoms in total. The summed E-state index contributed by atoms with van der Waals surface area (Å²) in [6.07, 6.45) is 10.7. The van der Waals surface area contributed by atoms with Gasteiger partial charge < -0.3 is 10.1 Å². The van der Waals surface area contributed by atoms with Crippen molar-refractivity contribution < 1.29 is 9.53 Å². The normalized spacial score (nSPS) is 32.8. The van der Waals surface area contributed by atoms with Crippen LogP contribution < -0.4 is 10.1 Å². The third-order valence-electron chi connectivity index (χ3n) is 5.93. The summed E-state index contributed by atoms with van der Waals surface area (Å²) >= 11 is 0. The van der Waals surface area contributed by atoms with Crippen molar-refractivity contribution in [2.75, 3.05) is 13.2 Å². The minimum Gasteiger partial charge on any atom is -0.479 e. The standard InChI is InChI=1S/C20H24N2O2/c23-19(20-11-15-8-16(12-20)10-17(9-15)13-20)22-6-1-2-7-24-18-4-3-5-21-14-18/h3-5,14-17H,6-13H2,(H,22,23). The summed E-state index contributed by atoms with van der Waals surface area (Å²) in [6, 6.07) is 3.68. The summed E-state index contributed by atoms with van der Waals surface area (Å²) in [6.45, 7) is 0.732. The number of carbonyl (C=O) groups excluding carboxylic acids is 1. The SMILES string of the molecule is O=C(NCC#CCOc1cccnc1)C12CC3CC(CC(C3)C1)C2. The fourth-order valence-electron chi connectivity index (χ4n) is 5.37. The van der Waals surface area contributed by atoms with E-state index < -0.39 is 0 Å². The number of hydrogen-bond acceptors (Lipinski definition) is 3. The Morgan fingerprint density at radius 3 is 2.54 bits per heavy atom. The van der Waals surface area contributed by atoms with Crippen molar-refractivity contribution in [3.63, 3.8) is 0 Å². The molecule has 0 aromatic carbocycles. The monoisotopic (exact) mass is 324 g/mol. The zero-order valence-corrected chi connectivity index (χ0v) is 14.0. The van der Waals surface area contributed by atoms with Crippen molar-refractivity contribution in [1.82, 2.24) is 10.3 Å². The second kappa shape index (κ2) is 6.47. The molecule has 4 saturated carbocycles. The maximum absolute atomic E-state index is 12.7. The molecule has 0 unspecified atom stereocenters. The van der Waals surface area contributed by atoms with Gasteiger partial charge in [-0.15, -0.1) is 0 Å². The van der Waals surface area contributed by atoms with Crippen LogP contribution in [0.1, 0.15) is 38.5 Å². The van der Waals surface area contributed by atoms with Gasteiger partial charge in [-0.25, -0.2) is 0 Å². The van der Waals surface area contributed by atoms with Crippen molar-refractivity contribution in [3.05, 3.63) is 24.5 Å². The van der Waals surface area contributed by atoms with Gasteiger partial charge in [0.05, 0.1) is 12.7 Å². The van der Waals surface area contributed by atoms with Gasteiger partial charge in [0.1, 0.15) is 12.4 Å². The topological polar surface area (TPSA) is 51.2 Å². The van der Waals surface area contributed by atoms with Crippen LogP contribution in [0.2, 0.25) is 0 Å². The molecule has 24 heavy (non-hydrogen) atoms. The molecule has 0 aliphatic heterocycles. The van der Waals surface area contributed by atoms with Gasteiger partial charge in [-0.05, 0) is 68.4 Å². The molecular formula is C20H24N2O2. The Balaban J connectivity index is 1.25. The molecule has 5 rings (SSSR count). The first-order chi connectivity index (χ1) is 11.7. The van der Waals surface area contributed by atoms with Crippen molar-refractivity contribution >= 4 is 5.91 Å². The minimum atomic E-state index is -0.0807. The Morgan fingerprint density at radius 1 is 1.21 bits per heavy atom. The lowest BCUT2D eigenvalue weighted by Gasteiger charge is -2.55. The number of carbonyl (C=O) groups is 1. The first-order valence-electron chi connectivity index (χ1n) is 9.00. The van der Waals surface area contributed by atoms with E-state index >= 15 is 0 Å². The number of nitrogens with zero attached hydrogens (tertiary/aromatic N) is 1. The number of rotatable bonds is 4. The van der Waals surface area contributed by atoms with E-state index in [0.29, 0.717) is 18.9 Å². The van der Waals surface area contributed by atoms with E-state index in [1.165, 1.54) is 19.3 Å². The predicted octanol–water partition coefficient (Wildman–Crippen LogP) is 2.80. The predicted molar refractivity (Wildman–Crippen MR) is 91.1 cm³/mol. The molecule has 0 spiro atoms. The number of aromatic nitrogens is 1. The van der Waals surface area contributed by atoms with Crippen LogP contribution in [-0.2, 0) is 4.79 Å². The largest absolute Gasteiger partial charge is 0.479 e. The Hall–Kier alpha value is -2.02. The lowest BCUT2D eigenvalue weighted by molar-refractivity contribution is -0.145. The van der Waals surface area contributed by atoms with Crippen LogP contribution in [0.25, 0.3) is 0 Å². The van der Waals surface area contributed by atoms with Crippen molar-refractivity contribution in [1.29, 1.82) is 0 Å². The molecule has 0 atom stereocenters. The number of nitrogens with one attached hydrogen (secondary N) is 1. The van der Waals surface area contributed by atoms with Crippen molar-refractivity contribution in [2.24, 2.45) is 23.2 Å². The molecule has 1 amide bonds. The summed E-state index contributed by atoms with van der Waals surface area (Å²) < 4.78 is 5.46. The summed E-state index contributed by atoms with van der Waals surface area (Å²) in [5, 5.41) is 3.06. The first kappa shape index (κ1) is 15.5. The second-order valence-electron chi connectivity index (χ2n) is 7.71. The van der Waals surface area contributed by atoms with Gasteiger partial charge in [0, 0.05) is 11.6 Å². The van der Waals surface area contributed by atoms with E-state index in [2.05, 4.69) is 22.1 Å². The molecule has 4 bridgehead atoms. The third kappa shape index (κ3) is 3.13. The van der Waals surface area contributed by atoms with Crippen molar-refractivity contribution in [3.8, 4) is 17.6 Å². The molecule has 4 aliphatic carbocycles. The van der Waals surface area contributed by atoms with E-state index in [1.807, 2.05) is 12.1 Å². The van der Waals surface area contributed by atoms with Crippen molar-refractivity contribution in [2.45, 2.75) is 38.5 Å². The van der Waals surface area contributed by atoms with Gasteiger partial charge in [-0.2, -0.15) is 0 Å². The lowest BCUT2D eigenvalue weighted by Crippen LogP contribution is -2.53. The molecule has 1 N–H and O–H groups in total. The minimum absolute atomic E-state index is 0.0807. The Bertz CT molecular complexity index is 624. The number of ether oxygens (including phenoxy) is 1. The summed E-state index contributed by atoms with van der Waals surface area (Å²) in [4.78, 5) is 16.7. The highest BCUT2D eigenvalue weighted by Gasteiger charge is 2.54.